The molecular weight excluding hydrogens is 420 g/mol. The van der Waals surface area contributed by atoms with E-state index in [4.69, 9.17) is 21.1 Å². The number of hydrogen-bond donors (Lipinski definition) is 2. The van der Waals surface area contributed by atoms with Gasteiger partial charge in [-0.25, -0.2) is 8.42 Å². The molecule has 0 aliphatic carbocycles. The average molecular weight is 441 g/mol. The van der Waals surface area contributed by atoms with E-state index in [2.05, 4.69) is 5.32 Å². The number of rotatable bonds is 6. The van der Waals surface area contributed by atoms with Crippen molar-refractivity contribution in [2.45, 2.75) is 17.9 Å². The summed E-state index contributed by atoms with van der Waals surface area (Å²) in [6, 6.07) is 10.3. The van der Waals surface area contributed by atoms with Crippen molar-refractivity contribution in [3.05, 3.63) is 47.5 Å². The van der Waals surface area contributed by atoms with E-state index in [9.17, 15) is 18.3 Å². The predicted octanol–water partition coefficient (Wildman–Crippen LogP) is 2.47. The second kappa shape index (κ2) is 9.00. The highest BCUT2D eigenvalue weighted by Crippen LogP contribution is 2.28. The Morgan fingerprint density at radius 1 is 1.21 bits per heavy atom. The Labute approximate surface area is 174 Å². The van der Waals surface area contributed by atoms with Crippen LogP contribution in [0.15, 0.2) is 47.4 Å². The Morgan fingerprint density at radius 2 is 1.86 bits per heavy atom. The Kier molecular flexibility index (Phi) is 6.63. The zero-order valence-corrected chi connectivity index (χ0v) is 17.2. The molecule has 156 valence electrons. The molecule has 8 nitrogen and oxygen atoms in total. The number of morpholine rings is 1. The number of nitrogens with zero attached hydrogens (tertiary/aromatic N) is 1. The number of halogens is 1. The Morgan fingerprint density at radius 3 is 2.52 bits per heavy atom. The molecule has 1 heterocycles. The number of anilines is 1. The number of aromatic hydroxyl groups is 1. The third-order valence-electron chi connectivity index (χ3n) is 4.33. The van der Waals surface area contributed by atoms with Gasteiger partial charge >= 0.3 is 0 Å². The fraction of sp³-hybridized carbons (Fsp3) is 0.316. The number of carbonyl (C=O) groups is 1. The van der Waals surface area contributed by atoms with Crippen molar-refractivity contribution in [3.63, 3.8) is 0 Å². The number of phenols is 1. The first-order valence-corrected chi connectivity index (χ1v) is 10.7. The van der Waals surface area contributed by atoms with Crippen LogP contribution in [0, 0.1) is 0 Å². The maximum absolute atomic E-state index is 12.8. The third-order valence-corrected chi connectivity index (χ3v) is 6.48. The first kappa shape index (κ1) is 21.4. The van der Waals surface area contributed by atoms with Crippen molar-refractivity contribution < 1.29 is 27.8 Å². The molecular formula is C19H21ClN2O6S. The molecule has 2 aromatic carbocycles. The minimum absolute atomic E-state index is 0.0177. The molecule has 2 N–H and O–H groups in total. The summed E-state index contributed by atoms with van der Waals surface area (Å²) in [5.74, 6) is -0.348. The molecule has 1 atom stereocenters. The van der Waals surface area contributed by atoms with Gasteiger partial charge in [-0.15, -0.1) is 0 Å². The number of ether oxygens (including phenoxy) is 2. The minimum Gasteiger partial charge on any atom is -0.506 e. The molecule has 29 heavy (non-hydrogen) atoms. The molecule has 10 heteroatoms. The molecule has 0 saturated carbocycles. The number of hydrogen-bond acceptors (Lipinski definition) is 6. The first-order valence-electron chi connectivity index (χ1n) is 8.91. The van der Waals surface area contributed by atoms with Gasteiger partial charge in [0.15, 0.2) is 6.10 Å². The van der Waals surface area contributed by atoms with Gasteiger partial charge in [-0.05, 0) is 49.4 Å². The van der Waals surface area contributed by atoms with Crippen molar-refractivity contribution in [3.8, 4) is 11.5 Å². The summed E-state index contributed by atoms with van der Waals surface area (Å²) in [4.78, 5) is 12.4. The molecule has 0 aromatic heterocycles. The van der Waals surface area contributed by atoms with Crippen molar-refractivity contribution in [2.24, 2.45) is 0 Å². The van der Waals surface area contributed by atoms with E-state index in [1.54, 1.807) is 24.3 Å². The molecule has 0 bridgehead atoms. The fourth-order valence-corrected chi connectivity index (χ4v) is 4.28. The third kappa shape index (κ3) is 5.18. The van der Waals surface area contributed by atoms with Gasteiger partial charge in [-0.1, -0.05) is 11.6 Å². The molecule has 1 unspecified atom stereocenters. The monoisotopic (exact) mass is 440 g/mol. The number of nitrogens with one attached hydrogen (secondary N) is 1. The Balaban J connectivity index is 1.73. The zero-order valence-electron chi connectivity index (χ0n) is 15.7. The lowest BCUT2D eigenvalue weighted by Gasteiger charge is -2.26. The van der Waals surface area contributed by atoms with E-state index in [1.165, 1.54) is 29.4 Å². The van der Waals surface area contributed by atoms with E-state index < -0.39 is 22.0 Å². The molecule has 1 aliphatic rings. The van der Waals surface area contributed by atoms with Crippen LogP contribution in [-0.2, 0) is 19.6 Å². The van der Waals surface area contributed by atoms with Crippen LogP contribution in [0.1, 0.15) is 6.92 Å². The van der Waals surface area contributed by atoms with Gasteiger partial charge in [0.2, 0.25) is 10.0 Å². The number of benzene rings is 2. The van der Waals surface area contributed by atoms with E-state index in [-0.39, 0.29) is 29.4 Å². The van der Waals surface area contributed by atoms with Crippen LogP contribution >= 0.6 is 11.6 Å². The second-order valence-electron chi connectivity index (χ2n) is 6.40. The molecule has 0 spiro atoms. The van der Waals surface area contributed by atoms with Crippen LogP contribution in [0.3, 0.4) is 0 Å². The van der Waals surface area contributed by atoms with E-state index >= 15 is 0 Å². The second-order valence-corrected chi connectivity index (χ2v) is 8.77. The molecule has 1 amide bonds. The number of carbonyl (C=O) groups excluding carboxylic acids is 1. The maximum Gasteiger partial charge on any atom is 0.265 e. The van der Waals surface area contributed by atoms with Gasteiger partial charge in [0, 0.05) is 18.1 Å². The zero-order chi connectivity index (χ0) is 21.0. The smallest absolute Gasteiger partial charge is 0.265 e. The van der Waals surface area contributed by atoms with Crippen LogP contribution in [0.25, 0.3) is 0 Å². The van der Waals surface area contributed by atoms with Crippen molar-refractivity contribution in [1.82, 2.24) is 4.31 Å². The normalized spacial score (nSPS) is 16.2. The van der Waals surface area contributed by atoms with Gasteiger partial charge < -0.3 is 19.9 Å². The van der Waals surface area contributed by atoms with Crippen LogP contribution < -0.4 is 10.1 Å². The SMILES string of the molecule is CC(Oc1ccc(Cl)cc1)C(=O)Nc1cc(S(=O)(=O)N2CCOCC2)ccc1O. The Bertz CT molecular complexity index is 975. The maximum atomic E-state index is 12.8. The highest BCUT2D eigenvalue weighted by molar-refractivity contribution is 7.89. The van der Waals surface area contributed by atoms with Gasteiger partial charge in [0.25, 0.3) is 5.91 Å². The number of sulfonamides is 1. The Hall–Kier alpha value is -2.33. The number of phenolic OH excluding ortho intramolecular Hbond substituents is 1. The van der Waals surface area contributed by atoms with Gasteiger partial charge in [-0.2, -0.15) is 4.31 Å². The largest absolute Gasteiger partial charge is 0.506 e. The summed E-state index contributed by atoms with van der Waals surface area (Å²) in [6.07, 6.45) is -0.893. The molecule has 2 aromatic rings. The van der Waals surface area contributed by atoms with Crippen molar-refractivity contribution >= 4 is 33.2 Å². The summed E-state index contributed by atoms with van der Waals surface area (Å²) in [5.41, 5.74) is -0.0177. The van der Waals surface area contributed by atoms with E-state index in [1.807, 2.05) is 0 Å². The van der Waals surface area contributed by atoms with E-state index in [0.29, 0.717) is 24.0 Å². The first-order chi connectivity index (χ1) is 13.8. The van der Waals surface area contributed by atoms with Gasteiger partial charge in [0.1, 0.15) is 11.5 Å². The van der Waals surface area contributed by atoms with Crippen molar-refractivity contribution in [2.75, 3.05) is 31.6 Å². The lowest BCUT2D eigenvalue weighted by molar-refractivity contribution is -0.122. The topological polar surface area (TPSA) is 105 Å². The molecule has 3 rings (SSSR count). The van der Waals surface area contributed by atoms with Gasteiger partial charge in [-0.3, -0.25) is 4.79 Å². The van der Waals surface area contributed by atoms with E-state index in [0.717, 1.165) is 0 Å². The number of amides is 1. The molecule has 1 aliphatic heterocycles. The summed E-state index contributed by atoms with van der Waals surface area (Å²) in [6.45, 7) is 2.67. The predicted molar refractivity (Wildman–Crippen MR) is 108 cm³/mol. The highest BCUT2D eigenvalue weighted by atomic mass is 35.5. The van der Waals surface area contributed by atoms with Gasteiger partial charge in [0.05, 0.1) is 23.8 Å². The standard InChI is InChI=1S/C19H21ClN2O6S/c1-13(28-15-4-2-14(20)3-5-15)19(24)21-17-12-16(6-7-18(17)23)29(25,26)22-8-10-27-11-9-22/h2-7,12-13,23H,8-11H2,1H3,(H,21,24). The van der Waals surface area contributed by atoms with Crippen LogP contribution in [0.2, 0.25) is 5.02 Å². The summed E-state index contributed by atoms with van der Waals surface area (Å²) in [7, 11) is -3.76. The van der Waals surface area contributed by atoms with Crippen LogP contribution in [0.5, 0.6) is 11.5 Å². The quantitative estimate of drug-likeness (QED) is 0.668. The van der Waals surface area contributed by atoms with Crippen molar-refractivity contribution in [1.29, 1.82) is 0 Å². The molecule has 1 saturated heterocycles. The highest BCUT2D eigenvalue weighted by Gasteiger charge is 2.27. The fourth-order valence-electron chi connectivity index (χ4n) is 2.72. The molecule has 1 fully saturated rings. The lowest BCUT2D eigenvalue weighted by atomic mass is 10.2. The molecule has 0 radical (unpaired) electrons. The average Bonchev–Trinajstić information content (AvgIpc) is 2.71. The summed E-state index contributed by atoms with van der Waals surface area (Å²) < 4.78 is 37.6. The van der Waals surface area contributed by atoms with Crippen LogP contribution in [0.4, 0.5) is 5.69 Å². The van der Waals surface area contributed by atoms with Crippen LogP contribution in [-0.4, -0.2) is 56.1 Å². The minimum atomic E-state index is -3.76. The summed E-state index contributed by atoms with van der Waals surface area (Å²) in [5, 5.41) is 13.1. The summed E-state index contributed by atoms with van der Waals surface area (Å²) >= 11 is 5.82. The lowest BCUT2D eigenvalue weighted by Crippen LogP contribution is -2.40.